The normalized spacial score (nSPS) is 15.5. The Morgan fingerprint density at radius 3 is 2.05 bits per heavy atom. The minimum absolute atomic E-state index is 0.214. The highest BCUT2D eigenvalue weighted by molar-refractivity contribution is 4.67. The van der Waals surface area contributed by atoms with Gasteiger partial charge in [-0.3, -0.25) is 0 Å². The van der Waals surface area contributed by atoms with Crippen molar-refractivity contribution in [1.82, 2.24) is 9.80 Å². The van der Waals surface area contributed by atoms with Gasteiger partial charge in [-0.2, -0.15) is 0 Å². The van der Waals surface area contributed by atoms with Crippen LogP contribution in [0, 0.1) is 5.92 Å². The van der Waals surface area contributed by atoms with Gasteiger partial charge in [0.15, 0.2) is 0 Å². The fraction of sp³-hybridized carbons (Fsp3) is 1.00. The molecule has 0 heterocycles. The molecule has 4 nitrogen and oxygen atoms in total. The molecule has 0 bridgehead atoms. The van der Waals surface area contributed by atoms with E-state index in [1.54, 1.807) is 0 Å². The lowest BCUT2D eigenvalue weighted by molar-refractivity contribution is 0.0972. The van der Waals surface area contributed by atoms with Gasteiger partial charge >= 0.3 is 0 Å². The maximum atomic E-state index is 9.78. The van der Waals surface area contributed by atoms with E-state index in [0.717, 1.165) is 45.6 Å². The molecule has 0 aromatic rings. The van der Waals surface area contributed by atoms with Crippen LogP contribution in [0.15, 0.2) is 0 Å². The summed E-state index contributed by atoms with van der Waals surface area (Å²) in [6.07, 6.45) is 1.41. The minimum atomic E-state index is -0.265. The van der Waals surface area contributed by atoms with E-state index < -0.39 is 0 Å². The van der Waals surface area contributed by atoms with E-state index in [4.69, 9.17) is 0 Å². The average molecular weight is 274 g/mol. The molecule has 0 saturated carbocycles. The summed E-state index contributed by atoms with van der Waals surface area (Å²) in [5.74, 6) is 0.624. The molecule has 0 aliphatic rings. The SMILES string of the molecule is CCC(O)CN(CCCN(C)CC(C)O)CC(C)C. The maximum Gasteiger partial charge on any atom is 0.0664 e. The van der Waals surface area contributed by atoms with Crippen LogP contribution in [0.4, 0.5) is 0 Å². The van der Waals surface area contributed by atoms with Gasteiger partial charge in [0, 0.05) is 19.6 Å². The standard InChI is InChI=1S/C15H34N2O2/c1-6-15(19)12-17(10-13(2)3)9-7-8-16(5)11-14(4)18/h13-15,18-19H,6-12H2,1-5H3. The predicted octanol–water partition coefficient (Wildman–Crippen LogP) is 1.42. The second-order valence-corrected chi connectivity index (χ2v) is 6.18. The van der Waals surface area contributed by atoms with Gasteiger partial charge in [-0.15, -0.1) is 0 Å². The van der Waals surface area contributed by atoms with Crippen LogP contribution >= 0.6 is 0 Å². The number of rotatable bonds is 11. The Labute approximate surface area is 119 Å². The second kappa shape index (κ2) is 10.6. The molecule has 0 fully saturated rings. The fourth-order valence-electron chi connectivity index (χ4n) is 2.31. The topological polar surface area (TPSA) is 46.9 Å². The lowest BCUT2D eigenvalue weighted by Crippen LogP contribution is -2.37. The summed E-state index contributed by atoms with van der Waals surface area (Å²) in [5, 5.41) is 19.1. The molecule has 2 atom stereocenters. The number of likely N-dealkylation sites (N-methyl/N-ethyl adjacent to an activating group) is 1. The molecule has 0 aliphatic heterocycles. The van der Waals surface area contributed by atoms with E-state index in [0.29, 0.717) is 5.92 Å². The zero-order valence-corrected chi connectivity index (χ0v) is 13.5. The van der Waals surface area contributed by atoms with Crippen molar-refractivity contribution in [2.24, 2.45) is 5.92 Å². The second-order valence-electron chi connectivity index (χ2n) is 6.18. The molecule has 0 spiro atoms. The van der Waals surface area contributed by atoms with Crippen LogP contribution in [0.2, 0.25) is 0 Å². The molecule has 0 aliphatic carbocycles. The van der Waals surface area contributed by atoms with Gasteiger partial charge in [-0.25, -0.2) is 0 Å². The van der Waals surface area contributed by atoms with Crippen molar-refractivity contribution in [3.63, 3.8) is 0 Å². The van der Waals surface area contributed by atoms with E-state index in [2.05, 4.69) is 23.6 Å². The summed E-state index contributed by atoms with van der Waals surface area (Å²) in [6.45, 7) is 12.8. The van der Waals surface area contributed by atoms with E-state index in [-0.39, 0.29) is 12.2 Å². The zero-order valence-electron chi connectivity index (χ0n) is 13.5. The van der Waals surface area contributed by atoms with Crippen LogP contribution < -0.4 is 0 Å². The Morgan fingerprint density at radius 1 is 0.947 bits per heavy atom. The Hall–Kier alpha value is -0.160. The minimum Gasteiger partial charge on any atom is -0.392 e. The summed E-state index contributed by atoms with van der Waals surface area (Å²) in [4.78, 5) is 4.52. The Bertz CT molecular complexity index is 210. The van der Waals surface area contributed by atoms with E-state index in [9.17, 15) is 10.2 Å². The van der Waals surface area contributed by atoms with Crippen LogP contribution in [0.25, 0.3) is 0 Å². The first-order valence-electron chi connectivity index (χ1n) is 7.62. The number of aliphatic hydroxyl groups excluding tert-OH is 2. The molecule has 0 amide bonds. The molecule has 0 saturated heterocycles. The summed E-state index contributed by atoms with van der Waals surface area (Å²) >= 11 is 0. The maximum absolute atomic E-state index is 9.78. The van der Waals surface area contributed by atoms with Crippen LogP contribution in [0.3, 0.4) is 0 Å². The molecule has 4 heteroatoms. The fourth-order valence-corrected chi connectivity index (χ4v) is 2.31. The van der Waals surface area contributed by atoms with Crippen molar-refractivity contribution in [3.05, 3.63) is 0 Å². The summed E-state index contributed by atoms with van der Waals surface area (Å²) < 4.78 is 0. The van der Waals surface area contributed by atoms with Crippen molar-refractivity contribution in [1.29, 1.82) is 0 Å². The Morgan fingerprint density at radius 2 is 1.58 bits per heavy atom. The molecule has 0 aromatic heterocycles. The number of hydrogen-bond acceptors (Lipinski definition) is 4. The van der Waals surface area contributed by atoms with Crippen molar-refractivity contribution in [3.8, 4) is 0 Å². The molecular weight excluding hydrogens is 240 g/mol. The van der Waals surface area contributed by atoms with Crippen molar-refractivity contribution in [2.45, 2.75) is 52.7 Å². The number of hydrogen-bond donors (Lipinski definition) is 2. The highest BCUT2D eigenvalue weighted by Crippen LogP contribution is 2.04. The Balaban J connectivity index is 3.97. The van der Waals surface area contributed by atoms with Crippen LogP contribution in [0.1, 0.15) is 40.5 Å². The van der Waals surface area contributed by atoms with Crippen LogP contribution in [-0.4, -0.2) is 72.0 Å². The predicted molar refractivity (Wildman–Crippen MR) is 81.4 cm³/mol. The third kappa shape index (κ3) is 11.4. The Kier molecular flexibility index (Phi) is 10.5. The van der Waals surface area contributed by atoms with Gasteiger partial charge in [0.1, 0.15) is 0 Å². The molecule has 0 rings (SSSR count). The van der Waals surface area contributed by atoms with E-state index >= 15 is 0 Å². The third-order valence-corrected chi connectivity index (χ3v) is 3.15. The van der Waals surface area contributed by atoms with Gasteiger partial charge in [0.25, 0.3) is 0 Å². The van der Waals surface area contributed by atoms with E-state index in [1.807, 2.05) is 20.9 Å². The molecule has 2 unspecified atom stereocenters. The summed E-state index contributed by atoms with van der Waals surface area (Å²) in [6, 6.07) is 0. The summed E-state index contributed by atoms with van der Waals surface area (Å²) in [7, 11) is 2.04. The largest absolute Gasteiger partial charge is 0.392 e. The molecule has 0 radical (unpaired) electrons. The smallest absolute Gasteiger partial charge is 0.0664 e. The van der Waals surface area contributed by atoms with Crippen molar-refractivity contribution < 1.29 is 10.2 Å². The molecule has 2 N–H and O–H groups in total. The van der Waals surface area contributed by atoms with Gasteiger partial charge in [-0.1, -0.05) is 20.8 Å². The molecular formula is C15H34N2O2. The van der Waals surface area contributed by atoms with Crippen LogP contribution in [-0.2, 0) is 0 Å². The van der Waals surface area contributed by atoms with E-state index in [1.165, 1.54) is 0 Å². The van der Waals surface area contributed by atoms with Gasteiger partial charge in [0.05, 0.1) is 12.2 Å². The first kappa shape index (κ1) is 18.8. The highest BCUT2D eigenvalue weighted by atomic mass is 16.3. The molecule has 19 heavy (non-hydrogen) atoms. The zero-order chi connectivity index (χ0) is 14.8. The average Bonchev–Trinajstić information content (AvgIpc) is 2.26. The quantitative estimate of drug-likeness (QED) is 0.598. The molecule has 116 valence electrons. The van der Waals surface area contributed by atoms with Crippen LogP contribution in [0.5, 0.6) is 0 Å². The van der Waals surface area contributed by atoms with Crippen molar-refractivity contribution >= 4 is 0 Å². The first-order chi connectivity index (χ1) is 8.85. The van der Waals surface area contributed by atoms with Gasteiger partial charge < -0.3 is 20.0 Å². The summed E-state index contributed by atoms with van der Waals surface area (Å²) in [5.41, 5.74) is 0. The monoisotopic (exact) mass is 274 g/mol. The van der Waals surface area contributed by atoms with Gasteiger partial charge in [0.2, 0.25) is 0 Å². The number of nitrogens with zero attached hydrogens (tertiary/aromatic N) is 2. The third-order valence-electron chi connectivity index (χ3n) is 3.15. The number of aliphatic hydroxyl groups is 2. The lowest BCUT2D eigenvalue weighted by Gasteiger charge is -2.27. The lowest BCUT2D eigenvalue weighted by atomic mass is 10.1. The van der Waals surface area contributed by atoms with Crippen molar-refractivity contribution in [2.75, 3.05) is 39.8 Å². The first-order valence-corrected chi connectivity index (χ1v) is 7.62. The van der Waals surface area contributed by atoms with Gasteiger partial charge in [-0.05, 0) is 45.8 Å². The molecule has 0 aromatic carbocycles. The highest BCUT2D eigenvalue weighted by Gasteiger charge is 2.12.